The van der Waals surface area contributed by atoms with Gasteiger partial charge in [-0.1, -0.05) is 12.1 Å². The lowest BCUT2D eigenvalue weighted by molar-refractivity contribution is -0.385. The summed E-state index contributed by atoms with van der Waals surface area (Å²) in [5.41, 5.74) is 2.49. The predicted molar refractivity (Wildman–Crippen MR) is 73.0 cm³/mol. The van der Waals surface area contributed by atoms with Gasteiger partial charge in [-0.2, -0.15) is 0 Å². The normalized spacial score (nSPS) is 20.9. The van der Waals surface area contributed by atoms with Gasteiger partial charge in [0.25, 0.3) is 5.69 Å². The fourth-order valence-corrected chi connectivity index (χ4v) is 3.12. The van der Waals surface area contributed by atoms with Crippen molar-refractivity contribution in [3.05, 3.63) is 39.4 Å². The molecule has 0 aromatic heterocycles. The monoisotopic (exact) mass is 261 g/mol. The van der Waals surface area contributed by atoms with Crippen LogP contribution < -0.4 is 10.6 Å². The van der Waals surface area contributed by atoms with Crippen LogP contribution in [-0.4, -0.2) is 24.1 Å². The summed E-state index contributed by atoms with van der Waals surface area (Å²) in [4.78, 5) is 10.6. The third kappa shape index (κ3) is 2.35. The zero-order valence-corrected chi connectivity index (χ0v) is 11.1. The van der Waals surface area contributed by atoms with Gasteiger partial charge in [0.1, 0.15) is 0 Å². The minimum atomic E-state index is -0.308. The first kappa shape index (κ1) is 12.6. The largest absolute Gasteiger partial charge is 0.316 e. The summed E-state index contributed by atoms with van der Waals surface area (Å²) in [5.74, 6) is 0. The lowest BCUT2D eigenvalue weighted by atomic mass is 9.61. The van der Waals surface area contributed by atoms with Gasteiger partial charge >= 0.3 is 0 Å². The van der Waals surface area contributed by atoms with E-state index in [9.17, 15) is 10.1 Å². The van der Waals surface area contributed by atoms with E-state index in [1.165, 1.54) is 12.8 Å². The first-order valence-electron chi connectivity index (χ1n) is 6.76. The summed E-state index contributed by atoms with van der Waals surface area (Å²) in [6.45, 7) is 4.80. The molecule has 1 spiro atoms. The van der Waals surface area contributed by atoms with Gasteiger partial charge in [-0.3, -0.25) is 10.1 Å². The second-order valence-electron chi connectivity index (χ2n) is 5.97. The average molecular weight is 261 g/mol. The highest BCUT2D eigenvalue weighted by molar-refractivity contribution is 5.42. The Balaban J connectivity index is 1.55. The van der Waals surface area contributed by atoms with Crippen molar-refractivity contribution in [3.63, 3.8) is 0 Å². The lowest BCUT2D eigenvalue weighted by Gasteiger charge is -2.54. The van der Waals surface area contributed by atoms with Gasteiger partial charge in [-0.15, -0.1) is 0 Å². The van der Waals surface area contributed by atoms with Crippen LogP contribution in [0.25, 0.3) is 0 Å². The van der Waals surface area contributed by atoms with Crippen molar-refractivity contribution >= 4 is 5.69 Å². The summed E-state index contributed by atoms with van der Waals surface area (Å²) < 4.78 is 0. The number of nitro benzene ring substituents is 1. The van der Waals surface area contributed by atoms with E-state index >= 15 is 0 Å². The highest BCUT2D eigenvalue weighted by Gasteiger charge is 2.47. The molecular weight excluding hydrogens is 242 g/mol. The molecule has 1 aliphatic heterocycles. The molecule has 0 radical (unpaired) electrons. The SMILES string of the molecule is Cc1ccc(CNC2CC3(CNC3)C2)cc1[N+](=O)[O-]. The average Bonchev–Trinajstić information content (AvgIpc) is 2.26. The molecule has 1 saturated heterocycles. The second-order valence-corrected chi connectivity index (χ2v) is 5.97. The molecule has 1 aromatic rings. The molecule has 3 rings (SSSR count). The minimum absolute atomic E-state index is 0.215. The van der Waals surface area contributed by atoms with Crippen LogP contribution in [0.5, 0.6) is 0 Å². The van der Waals surface area contributed by atoms with E-state index in [1.807, 2.05) is 12.1 Å². The number of nitrogens with zero attached hydrogens (tertiary/aromatic N) is 1. The number of rotatable bonds is 4. The molecule has 1 saturated carbocycles. The Morgan fingerprint density at radius 3 is 2.79 bits per heavy atom. The molecular formula is C14H19N3O2. The Bertz CT molecular complexity index is 503. The van der Waals surface area contributed by atoms with Crippen LogP contribution in [0, 0.1) is 22.5 Å². The molecule has 2 fully saturated rings. The third-order valence-corrected chi connectivity index (χ3v) is 4.42. The number of nitrogens with one attached hydrogen (secondary N) is 2. The van der Waals surface area contributed by atoms with E-state index in [-0.39, 0.29) is 10.6 Å². The molecule has 1 aliphatic carbocycles. The molecule has 0 atom stereocenters. The molecule has 0 amide bonds. The van der Waals surface area contributed by atoms with E-state index in [4.69, 9.17) is 0 Å². The number of nitro groups is 1. The van der Waals surface area contributed by atoms with Gasteiger partial charge in [0, 0.05) is 37.3 Å². The molecule has 5 nitrogen and oxygen atoms in total. The number of aryl methyl sites for hydroxylation is 1. The minimum Gasteiger partial charge on any atom is -0.316 e. The quantitative estimate of drug-likeness (QED) is 0.640. The molecule has 5 heteroatoms. The van der Waals surface area contributed by atoms with Crippen LogP contribution in [0.15, 0.2) is 18.2 Å². The topological polar surface area (TPSA) is 67.2 Å². The first-order valence-corrected chi connectivity index (χ1v) is 6.76. The fraction of sp³-hybridized carbons (Fsp3) is 0.571. The highest BCUT2D eigenvalue weighted by atomic mass is 16.6. The maximum atomic E-state index is 10.9. The Hall–Kier alpha value is -1.46. The van der Waals surface area contributed by atoms with Crippen molar-refractivity contribution in [3.8, 4) is 0 Å². The molecule has 102 valence electrons. The summed E-state index contributed by atoms with van der Waals surface area (Å²) in [7, 11) is 0. The Labute approximate surface area is 112 Å². The molecule has 2 N–H and O–H groups in total. The zero-order chi connectivity index (χ0) is 13.5. The van der Waals surface area contributed by atoms with Crippen LogP contribution in [0.1, 0.15) is 24.0 Å². The zero-order valence-electron chi connectivity index (χ0n) is 11.1. The lowest BCUT2D eigenvalue weighted by Crippen LogP contribution is -2.64. The molecule has 19 heavy (non-hydrogen) atoms. The van der Waals surface area contributed by atoms with Gasteiger partial charge in [-0.25, -0.2) is 0 Å². The maximum Gasteiger partial charge on any atom is 0.272 e. The van der Waals surface area contributed by atoms with Gasteiger partial charge in [-0.05, 0) is 30.7 Å². The number of hydrogen-bond donors (Lipinski definition) is 2. The van der Waals surface area contributed by atoms with Crippen LogP contribution >= 0.6 is 0 Å². The molecule has 1 aromatic carbocycles. The van der Waals surface area contributed by atoms with Crippen molar-refractivity contribution in [2.24, 2.45) is 5.41 Å². The van der Waals surface area contributed by atoms with Crippen LogP contribution in [-0.2, 0) is 6.54 Å². The van der Waals surface area contributed by atoms with Crippen molar-refractivity contribution in [2.45, 2.75) is 32.4 Å². The molecule has 1 heterocycles. The Kier molecular flexibility index (Phi) is 3.03. The van der Waals surface area contributed by atoms with Crippen molar-refractivity contribution < 1.29 is 4.92 Å². The summed E-state index contributed by atoms with van der Waals surface area (Å²) in [6, 6.07) is 6.05. The van der Waals surface area contributed by atoms with Crippen molar-refractivity contribution in [2.75, 3.05) is 13.1 Å². The second kappa shape index (κ2) is 4.58. The van der Waals surface area contributed by atoms with Crippen LogP contribution in [0.4, 0.5) is 5.69 Å². The fourth-order valence-electron chi connectivity index (χ4n) is 3.12. The van der Waals surface area contributed by atoms with E-state index in [0.29, 0.717) is 11.5 Å². The predicted octanol–water partition coefficient (Wildman–Crippen LogP) is 1.74. The van der Waals surface area contributed by atoms with Crippen molar-refractivity contribution in [1.82, 2.24) is 10.6 Å². The highest BCUT2D eigenvalue weighted by Crippen LogP contribution is 2.44. The number of hydrogen-bond acceptors (Lipinski definition) is 4. The smallest absolute Gasteiger partial charge is 0.272 e. The third-order valence-electron chi connectivity index (χ3n) is 4.42. The Morgan fingerprint density at radius 1 is 1.47 bits per heavy atom. The maximum absolute atomic E-state index is 10.9. The van der Waals surface area contributed by atoms with Crippen LogP contribution in [0.2, 0.25) is 0 Å². The van der Waals surface area contributed by atoms with Gasteiger partial charge in [0.05, 0.1) is 4.92 Å². The van der Waals surface area contributed by atoms with E-state index in [0.717, 1.165) is 30.8 Å². The first-order chi connectivity index (χ1) is 9.08. The van der Waals surface area contributed by atoms with Gasteiger partial charge in [0.2, 0.25) is 0 Å². The summed E-state index contributed by atoms with van der Waals surface area (Å²) in [5, 5.41) is 17.7. The van der Waals surface area contributed by atoms with E-state index < -0.39 is 0 Å². The van der Waals surface area contributed by atoms with E-state index in [1.54, 1.807) is 13.0 Å². The van der Waals surface area contributed by atoms with E-state index in [2.05, 4.69) is 10.6 Å². The van der Waals surface area contributed by atoms with Crippen LogP contribution in [0.3, 0.4) is 0 Å². The Morgan fingerprint density at radius 2 is 2.21 bits per heavy atom. The summed E-state index contributed by atoms with van der Waals surface area (Å²) >= 11 is 0. The van der Waals surface area contributed by atoms with Gasteiger partial charge < -0.3 is 10.6 Å². The van der Waals surface area contributed by atoms with Gasteiger partial charge in [0.15, 0.2) is 0 Å². The standard InChI is InChI=1S/C14H19N3O2/c1-10-2-3-11(4-13(10)17(18)19)7-16-12-5-14(6-12)8-15-9-14/h2-4,12,15-16H,5-9H2,1H3. The number of benzene rings is 1. The molecule has 0 bridgehead atoms. The molecule has 0 unspecified atom stereocenters. The summed E-state index contributed by atoms with van der Waals surface area (Å²) in [6.07, 6.45) is 2.46. The molecule has 2 aliphatic rings. The van der Waals surface area contributed by atoms with Crippen molar-refractivity contribution in [1.29, 1.82) is 0 Å².